The van der Waals surface area contributed by atoms with Crippen LogP contribution in [0.15, 0.2) is 42.5 Å². The largest absolute Gasteiger partial charge is 0.486 e. The molecule has 1 amide bonds. The van der Waals surface area contributed by atoms with E-state index in [0.29, 0.717) is 30.4 Å². The molecule has 0 aliphatic carbocycles. The molecule has 2 aromatic rings. The molecular formula is C24H32N2O5S. The van der Waals surface area contributed by atoms with Gasteiger partial charge in [-0.2, -0.15) is 0 Å². The minimum Gasteiger partial charge on any atom is -0.486 e. The van der Waals surface area contributed by atoms with Gasteiger partial charge in [-0.3, -0.25) is 9.10 Å². The Labute approximate surface area is 190 Å². The number of sulfonamides is 1. The second-order valence-electron chi connectivity index (χ2n) is 9.17. The molecule has 2 atom stereocenters. The fraction of sp³-hybridized carbons (Fsp3) is 0.458. The highest BCUT2D eigenvalue weighted by molar-refractivity contribution is 7.92. The van der Waals surface area contributed by atoms with Crippen molar-refractivity contribution < 1.29 is 22.7 Å². The minimum absolute atomic E-state index is 0.0408. The van der Waals surface area contributed by atoms with E-state index in [4.69, 9.17) is 9.47 Å². The lowest BCUT2D eigenvalue weighted by Crippen LogP contribution is -2.48. The van der Waals surface area contributed by atoms with Gasteiger partial charge in [-0.15, -0.1) is 0 Å². The first-order valence-corrected chi connectivity index (χ1v) is 12.5. The van der Waals surface area contributed by atoms with Crippen molar-refractivity contribution in [3.8, 4) is 11.5 Å². The Balaban J connectivity index is 1.79. The summed E-state index contributed by atoms with van der Waals surface area (Å²) in [7, 11) is -3.74. The van der Waals surface area contributed by atoms with E-state index >= 15 is 0 Å². The van der Waals surface area contributed by atoms with Gasteiger partial charge in [0.25, 0.3) is 0 Å². The molecule has 0 saturated carbocycles. The molecule has 32 heavy (non-hydrogen) atoms. The summed E-state index contributed by atoms with van der Waals surface area (Å²) in [4.78, 5) is 13.0. The lowest BCUT2D eigenvalue weighted by molar-refractivity contribution is -0.122. The van der Waals surface area contributed by atoms with Crippen LogP contribution in [0, 0.1) is 0 Å². The van der Waals surface area contributed by atoms with Crippen molar-refractivity contribution in [1.29, 1.82) is 0 Å². The van der Waals surface area contributed by atoms with Crippen LogP contribution in [-0.2, 0) is 20.2 Å². The standard InChI is InChI=1S/C24H32N2O5S/c1-16(18-7-9-19(10-8-18)24(3,4)5)25-23(27)17(2)26(32(6,28)29)20-11-12-21-22(15-20)31-14-13-30-21/h7-12,15-17H,13-14H2,1-6H3,(H,25,27)/t16-,17-/m0/s1. The van der Waals surface area contributed by atoms with Crippen molar-refractivity contribution in [3.05, 3.63) is 53.6 Å². The molecule has 1 aliphatic rings. The molecule has 8 heteroatoms. The maximum Gasteiger partial charge on any atom is 0.244 e. The molecular weight excluding hydrogens is 428 g/mol. The van der Waals surface area contributed by atoms with Crippen LogP contribution in [0.3, 0.4) is 0 Å². The molecule has 0 radical (unpaired) electrons. The fourth-order valence-corrected chi connectivity index (χ4v) is 4.83. The summed E-state index contributed by atoms with van der Waals surface area (Å²) >= 11 is 0. The van der Waals surface area contributed by atoms with Gasteiger partial charge >= 0.3 is 0 Å². The molecule has 0 bridgehead atoms. The van der Waals surface area contributed by atoms with Gasteiger partial charge in [0.1, 0.15) is 19.3 Å². The topological polar surface area (TPSA) is 84.9 Å². The van der Waals surface area contributed by atoms with Crippen LogP contribution in [0.4, 0.5) is 5.69 Å². The first-order chi connectivity index (χ1) is 14.9. The number of nitrogens with one attached hydrogen (secondary N) is 1. The predicted octanol–water partition coefficient (Wildman–Crippen LogP) is 3.79. The summed E-state index contributed by atoms with van der Waals surface area (Å²) in [6, 6.07) is 11.7. The third-order valence-corrected chi connectivity index (χ3v) is 6.75. The van der Waals surface area contributed by atoms with Crippen molar-refractivity contribution in [1.82, 2.24) is 5.32 Å². The average Bonchev–Trinajstić information content (AvgIpc) is 2.72. The molecule has 1 aliphatic heterocycles. The van der Waals surface area contributed by atoms with Gasteiger partial charge in [-0.1, -0.05) is 45.0 Å². The van der Waals surface area contributed by atoms with Crippen LogP contribution < -0.4 is 19.1 Å². The number of hydrogen-bond donors (Lipinski definition) is 1. The Morgan fingerprint density at radius 2 is 1.59 bits per heavy atom. The normalized spacial score (nSPS) is 15.6. The van der Waals surface area contributed by atoms with Gasteiger partial charge in [-0.05, 0) is 42.5 Å². The summed E-state index contributed by atoms with van der Waals surface area (Å²) in [5.41, 5.74) is 2.54. The lowest BCUT2D eigenvalue weighted by atomic mass is 9.86. The van der Waals surface area contributed by atoms with Gasteiger partial charge < -0.3 is 14.8 Å². The summed E-state index contributed by atoms with van der Waals surface area (Å²) in [5.74, 6) is 0.623. The molecule has 7 nitrogen and oxygen atoms in total. The quantitative estimate of drug-likeness (QED) is 0.709. The summed E-state index contributed by atoms with van der Waals surface area (Å²) < 4.78 is 37.4. The summed E-state index contributed by atoms with van der Waals surface area (Å²) in [6.07, 6.45) is 1.09. The van der Waals surface area contributed by atoms with E-state index < -0.39 is 22.0 Å². The van der Waals surface area contributed by atoms with Gasteiger partial charge in [0.05, 0.1) is 18.0 Å². The van der Waals surface area contributed by atoms with Crippen molar-refractivity contribution in [2.45, 2.75) is 52.1 Å². The Morgan fingerprint density at radius 1 is 1.00 bits per heavy atom. The number of nitrogens with zero attached hydrogens (tertiary/aromatic N) is 1. The Hall–Kier alpha value is -2.74. The van der Waals surface area contributed by atoms with Crippen LogP contribution in [-0.4, -0.2) is 39.8 Å². The summed E-state index contributed by atoms with van der Waals surface area (Å²) in [6.45, 7) is 10.7. The molecule has 1 N–H and O–H groups in total. The molecule has 0 aromatic heterocycles. The van der Waals surface area contributed by atoms with Crippen LogP contribution in [0.2, 0.25) is 0 Å². The number of carbonyl (C=O) groups excluding carboxylic acids is 1. The van der Waals surface area contributed by atoms with E-state index in [9.17, 15) is 13.2 Å². The molecule has 3 rings (SSSR count). The zero-order valence-electron chi connectivity index (χ0n) is 19.5. The number of fused-ring (bicyclic) bond motifs is 1. The van der Waals surface area contributed by atoms with E-state index in [-0.39, 0.29) is 11.5 Å². The highest BCUT2D eigenvalue weighted by atomic mass is 32.2. The van der Waals surface area contributed by atoms with Crippen LogP contribution >= 0.6 is 0 Å². The molecule has 174 valence electrons. The first kappa shape index (κ1) is 23.9. The molecule has 0 spiro atoms. The van der Waals surface area contributed by atoms with Crippen molar-refractivity contribution in [3.63, 3.8) is 0 Å². The van der Waals surface area contributed by atoms with E-state index in [2.05, 4.69) is 38.2 Å². The van der Waals surface area contributed by atoms with E-state index in [1.165, 1.54) is 5.56 Å². The minimum atomic E-state index is -3.74. The zero-order chi connectivity index (χ0) is 23.7. The highest BCUT2D eigenvalue weighted by Crippen LogP contribution is 2.35. The summed E-state index contributed by atoms with van der Waals surface area (Å²) in [5, 5.41) is 2.94. The second-order valence-corrected chi connectivity index (χ2v) is 11.0. The van der Waals surface area contributed by atoms with Gasteiger partial charge in [0.15, 0.2) is 11.5 Å². The van der Waals surface area contributed by atoms with Gasteiger partial charge in [-0.25, -0.2) is 8.42 Å². The monoisotopic (exact) mass is 460 g/mol. The van der Waals surface area contributed by atoms with Crippen molar-refractivity contribution in [2.75, 3.05) is 23.8 Å². The molecule has 1 heterocycles. The van der Waals surface area contributed by atoms with Crippen LogP contribution in [0.5, 0.6) is 11.5 Å². The number of hydrogen-bond acceptors (Lipinski definition) is 5. The number of ether oxygens (including phenoxy) is 2. The van der Waals surface area contributed by atoms with Crippen LogP contribution in [0.1, 0.15) is 51.8 Å². The van der Waals surface area contributed by atoms with E-state index in [0.717, 1.165) is 16.1 Å². The maximum absolute atomic E-state index is 13.0. The third-order valence-electron chi connectivity index (χ3n) is 5.50. The molecule has 2 aromatic carbocycles. The van der Waals surface area contributed by atoms with Crippen molar-refractivity contribution in [2.24, 2.45) is 0 Å². The number of rotatable bonds is 6. The van der Waals surface area contributed by atoms with E-state index in [1.807, 2.05) is 19.1 Å². The SMILES string of the molecule is C[C@H](NC(=O)[C@H](C)N(c1ccc2c(c1)OCCO2)S(C)(=O)=O)c1ccc(C(C)(C)C)cc1. The molecule has 0 fully saturated rings. The fourth-order valence-electron chi connectivity index (χ4n) is 3.67. The lowest BCUT2D eigenvalue weighted by Gasteiger charge is -2.30. The van der Waals surface area contributed by atoms with E-state index in [1.54, 1.807) is 25.1 Å². The maximum atomic E-state index is 13.0. The number of anilines is 1. The number of carbonyl (C=O) groups is 1. The number of amides is 1. The number of benzene rings is 2. The highest BCUT2D eigenvalue weighted by Gasteiger charge is 2.31. The third kappa shape index (κ3) is 5.35. The second kappa shape index (κ2) is 9.02. The Kier molecular flexibility index (Phi) is 6.74. The van der Waals surface area contributed by atoms with Crippen LogP contribution in [0.25, 0.3) is 0 Å². The Morgan fingerprint density at radius 3 is 2.16 bits per heavy atom. The smallest absolute Gasteiger partial charge is 0.244 e. The average molecular weight is 461 g/mol. The first-order valence-electron chi connectivity index (χ1n) is 10.7. The predicted molar refractivity (Wildman–Crippen MR) is 126 cm³/mol. The Bertz CT molecular complexity index is 1070. The zero-order valence-corrected chi connectivity index (χ0v) is 20.3. The molecule has 0 saturated heterocycles. The molecule has 0 unspecified atom stereocenters. The van der Waals surface area contributed by atoms with Crippen molar-refractivity contribution >= 4 is 21.6 Å². The van der Waals surface area contributed by atoms with Gasteiger partial charge in [0, 0.05) is 6.07 Å². The van der Waals surface area contributed by atoms with Gasteiger partial charge in [0.2, 0.25) is 15.9 Å².